The SMILES string of the molecule is CC1CCN(c2cc(N3CCN(C)CC3)ccc2NC(=O)Oc2cc(C#N)c[nH]2)CC1. The quantitative estimate of drug-likeness (QED) is 0.784. The molecule has 0 atom stereocenters. The van der Waals surface area contributed by atoms with Gasteiger partial charge in [0.15, 0.2) is 0 Å². The second-order valence-corrected chi connectivity index (χ2v) is 8.54. The lowest BCUT2D eigenvalue weighted by Crippen LogP contribution is -2.44. The van der Waals surface area contributed by atoms with Gasteiger partial charge in [-0.1, -0.05) is 6.92 Å². The molecule has 2 fully saturated rings. The van der Waals surface area contributed by atoms with E-state index in [1.807, 2.05) is 12.1 Å². The van der Waals surface area contributed by atoms with Gasteiger partial charge in [-0.2, -0.15) is 5.26 Å². The molecule has 2 aliphatic heterocycles. The first-order valence-electron chi connectivity index (χ1n) is 10.9. The first-order chi connectivity index (χ1) is 15.0. The number of ether oxygens (including phenoxy) is 1. The van der Waals surface area contributed by atoms with Crippen LogP contribution in [0.2, 0.25) is 0 Å². The molecule has 2 N–H and O–H groups in total. The van der Waals surface area contributed by atoms with Crippen LogP contribution < -0.4 is 19.9 Å². The predicted octanol–water partition coefficient (Wildman–Crippen LogP) is 3.49. The summed E-state index contributed by atoms with van der Waals surface area (Å²) in [6.07, 6.45) is 3.21. The largest absolute Gasteiger partial charge is 0.418 e. The molecular formula is C23H30N6O2. The normalized spacial score (nSPS) is 18.0. The molecule has 0 spiro atoms. The fourth-order valence-corrected chi connectivity index (χ4v) is 4.13. The Morgan fingerprint density at radius 2 is 1.87 bits per heavy atom. The van der Waals surface area contributed by atoms with Crippen molar-refractivity contribution < 1.29 is 9.53 Å². The van der Waals surface area contributed by atoms with Gasteiger partial charge in [-0.25, -0.2) is 4.79 Å². The first kappa shape index (κ1) is 21.1. The summed E-state index contributed by atoms with van der Waals surface area (Å²) in [5.41, 5.74) is 3.38. The van der Waals surface area contributed by atoms with Crippen LogP contribution in [0.25, 0.3) is 0 Å². The molecule has 0 bridgehead atoms. The van der Waals surface area contributed by atoms with Crippen LogP contribution >= 0.6 is 0 Å². The Kier molecular flexibility index (Phi) is 6.33. The number of aromatic amines is 1. The molecule has 2 aliphatic rings. The van der Waals surface area contributed by atoms with Crippen molar-refractivity contribution in [3.8, 4) is 11.9 Å². The van der Waals surface area contributed by atoms with Gasteiger partial charge in [-0.15, -0.1) is 0 Å². The Morgan fingerprint density at radius 3 is 2.55 bits per heavy atom. The van der Waals surface area contributed by atoms with Crippen LogP contribution in [-0.2, 0) is 0 Å². The molecule has 1 aromatic carbocycles. The van der Waals surface area contributed by atoms with Crippen LogP contribution in [0, 0.1) is 17.2 Å². The van der Waals surface area contributed by atoms with Crippen LogP contribution in [-0.4, -0.2) is 62.3 Å². The number of benzene rings is 1. The van der Waals surface area contributed by atoms with Crippen molar-refractivity contribution in [2.75, 3.05) is 61.4 Å². The summed E-state index contributed by atoms with van der Waals surface area (Å²) >= 11 is 0. The molecule has 4 rings (SSSR count). The molecule has 1 amide bonds. The number of H-pyrrole nitrogens is 1. The number of nitrogens with one attached hydrogen (secondary N) is 2. The summed E-state index contributed by atoms with van der Waals surface area (Å²) < 4.78 is 5.33. The van der Waals surface area contributed by atoms with Gasteiger partial charge < -0.3 is 24.4 Å². The highest BCUT2D eigenvalue weighted by molar-refractivity contribution is 5.92. The molecule has 0 unspecified atom stereocenters. The molecule has 8 heteroatoms. The lowest BCUT2D eigenvalue weighted by Gasteiger charge is -2.36. The van der Waals surface area contributed by atoms with Crippen molar-refractivity contribution >= 4 is 23.2 Å². The van der Waals surface area contributed by atoms with Crippen LogP contribution in [0.5, 0.6) is 5.88 Å². The Labute approximate surface area is 183 Å². The number of carbonyl (C=O) groups excluding carboxylic acids is 1. The molecule has 2 saturated heterocycles. The van der Waals surface area contributed by atoms with E-state index in [-0.39, 0.29) is 5.88 Å². The zero-order valence-corrected chi connectivity index (χ0v) is 18.2. The van der Waals surface area contributed by atoms with Crippen molar-refractivity contribution in [1.82, 2.24) is 9.88 Å². The molecule has 0 aliphatic carbocycles. The number of piperazine rings is 1. The molecule has 0 radical (unpaired) electrons. The topological polar surface area (TPSA) is 87.6 Å². The first-order valence-corrected chi connectivity index (χ1v) is 10.9. The maximum atomic E-state index is 12.5. The Balaban J connectivity index is 1.53. The van der Waals surface area contributed by atoms with Crippen molar-refractivity contribution in [3.63, 3.8) is 0 Å². The van der Waals surface area contributed by atoms with E-state index < -0.39 is 6.09 Å². The number of likely N-dealkylation sites (N-methyl/N-ethyl adjacent to an activating group) is 1. The fourth-order valence-electron chi connectivity index (χ4n) is 4.13. The average Bonchev–Trinajstić information content (AvgIpc) is 3.23. The minimum Gasteiger partial charge on any atom is -0.393 e. The van der Waals surface area contributed by atoms with Crippen LogP contribution in [0.1, 0.15) is 25.3 Å². The molecule has 31 heavy (non-hydrogen) atoms. The number of amides is 1. The number of aromatic nitrogens is 1. The standard InChI is InChI=1S/C23H30N6O2/c1-17-5-7-29(8-6-17)21-14-19(28-11-9-27(2)10-12-28)3-4-20(21)26-23(30)31-22-13-18(15-24)16-25-22/h3-4,13-14,16-17,25H,5-12H2,1-2H3,(H,26,30). The summed E-state index contributed by atoms with van der Waals surface area (Å²) in [5, 5.41) is 11.8. The maximum absolute atomic E-state index is 12.5. The number of anilines is 3. The van der Waals surface area contributed by atoms with Gasteiger partial charge >= 0.3 is 6.09 Å². The number of nitriles is 1. The van der Waals surface area contributed by atoms with Gasteiger partial charge in [0.2, 0.25) is 5.88 Å². The molecule has 3 heterocycles. The van der Waals surface area contributed by atoms with E-state index in [0.29, 0.717) is 5.56 Å². The van der Waals surface area contributed by atoms with Gasteiger partial charge in [-0.05, 0) is 44.0 Å². The zero-order chi connectivity index (χ0) is 21.8. The predicted molar refractivity (Wildman–Crippen MR) is 122 cm³/mol. The highest BCUT2D eigenvalue weighted by atomic mass is 16.6. The van der Waals surface area contributed by atoms with Crippen molar-refractivity contribution in [2.45, 2.75) is 19.8 Å². The van der Waals surface area contributed by atoms with E-state index in [4.69, 9.17) is 10.00 Å². The highest BCUT2D eigenvalue weighted by Gasteiger charge is 2.22. The summed E-state index contributed by atoms with van der Waals surface area (Å²) in [7, 11) is 2.15. The smallest absolute Gasteiger partial charge is 0.393 e. The third-order valence-electron chi connectivity index (χ3n) is 6.20. The van der Waals surface area contributed by atoms with E-state index in [0.717, 1.165) is 69.4 Å². The third kappa shape index (κ3) is 5.12. The fraction of sp³-hybridized carbons (Fsp3) is 0.478. The third-order valence-corrected chi connectivity index (χ3v) is 6.20. The summed E-state index contributed by atoms with van der Waals surface area (Å²) in [6, 6.07) is 9.74. The Bertz CT molecular complexity index is 949. The van der Waals surface area contributed by atoms with Crippen molar-refractivity contribution in [3.05, 3.63) is 36.0 Å². The van der Waals surface area contributed by atoms with E-state index in [2.05, 4.69) is 51.1 Å². The molecular weight excluding hydrogens is 392 g/mol. The van der Waals surface area contributed by atoms with Gasteiger partial charge in [0.1, 0.15) is 6.07 Å². The molecule has 1 aromatic heterocycles. The van der Waals surface area contributed by atoms with E-state index in [1.54, 1.807) is 0 Å². The minimum absolute atomic E-state index is 0.247. The van der Waals surface area contributed by atoms with Crippen LogP contribution in [0.3, 0.4) is 0 Å². The van der Waals surface area contributed by atoms with Gasteiger partial charge in [0.05, 0.1) is 16.9 Å². The number of carbonyl (C=O) groups is 1. The second kappa shape index (κ2) is 9.31. The van der Waals surface area contributed by atoms with Gasteiger partial charge in [-0.3, -0.25) is 5.32 Å². The molecule has 8 nitrogen and oxygen atoms in total. The summed E-state index contributed by atoms with van der Waals surface area (Å²) in [6.45, 7) is 8.32. The number of hydrogen-bond donors (Lipinski definition) is 2. The lowest BCUT2D eigenvalue weighted by atomic mass is 9.98. The number of hydrogen-bond acceptors (Lipinski definition) is 6. The van der Waals surface area contributed by atoms with Crippen molar-refractivity contribution in [1.29, 1.82) is 5.26 Å². The molecule has 0 saturated carbocycles. The van der Waals surface area contributed by atoms with E-state index in [1.165, 1.54) is 18.0 Å². The zero-order valence-electron chi connectivity index (χ0n) is 18.2. The summed E-state index contributed by atoms with van der Waals surface area (Å²) in [4.78, 5) is 22.4. The Hall–Kier alpha value is -3.18. The number of nitrogens with zero attached hydrogens (tertiary/aromatic N) is 4. The average molecular weight is 423 g/mol. The van der Waals surface area contributed by atoms with Crippen LogP contribution in [0.4, 0.5) is 21.9 Å². The van der Waals surface area contributed by atoms with E-state index >= 15 is 0 Å². The van der Waals surface area contributed by atoms with E-state index in [9.17, 15) is 4.79 Å². The lowest BCUT2D eigenvalue weighted by molar-refractivity contribution is 0.213. The van der Waals surface area contributed by atoms with Crippen molar-refractivity contribution in [2.24, 2.45) is 5.92 Å². The van der Waals surface area contributed by atoms with Gasteiger partial charge in [0, 0.05) is 57.2 Å². The van der Waals surface area contributed by atoms with Crippen LogP contribution in [0.15, 0.2) is 30.5 Å². The number of rotatable bonds is 4. The monoisotopic (exact) mass is 422 g/mol. The van der Waals surface area contributed by atoms with Gasteiger partial charge in [0.25, 0.3) is 0 Å². The molecule has 164 valence electrons. The minimum atomic E-state index is -0.578. The molecule has 2 aromatic rings. The summed E-state index contributed by atoms with van der Waals surface area (Å²) in [5.74, 6) is 0.970. The second-order valence-electron chi connectivity index (χ2n) is 8.54. The highest BCUT2D eigenvalue weighted by Crippen LogP contribution is 2.34. The Morgan fingerprint density at radius 1 is 1.13 bits per heavy atom. The maximum Gasteiger partial charge on any atom is 0.418 e. The number of piperidine rings is 1.